The van der Waals surface area contributed by atoms with Gasteiger partial charge in [-0.3, -0.25) is 19.3 Å². The minimum atomic E-state index is -4.50. The number of anilines is 1. The quantitative estimate of drug-likeness (QED) is 0.591. The lowest BCUT2D eigenvalue weighted by molar-refractivity contribution is -0.140. The highest BCUT2D eigenvalue weighted by Gasteiger charge is 2.36. The average Bonchev–Trinajstić information content (AvgIpc) is 3.22. The number of alkyl halides is 3. The van der Waals surface area contributed by atoms with Gasteiger partial charge in [-0.25, -0.2) is 0 Å². The van der Waals surface area contributed by atoms with Crippen molar-refractivity contribution < 1.29 is 27.6 Å². The predicted molar refractivity (Wildman–Crippen MR) is 108 cm³/mol. The van der Waals surface area contributed by atoms with Crippen LogP contribution >= 0.6 is 0 Å². The van der Waals surface area contributed by atoms with E-state index in [0.717, 1.165) is 11.0 Å². The summed E-state index contributed by atoms with van der Waals surface area (Å²) in [5, 5.41) is 2.91. The van der Waals surface area contributed by atoms with Crippen molar-refractivity contribution in [3.63, 3.8) is 0 Å². The van der Waals surface area contributed by atoms with Crippen molar-refractivity contribution in [2.45, 2.75) is 20.0 Å². The van der Waals surface area contributed by atoms with Crippen LogP contribution in [0.4, 0.5) is 18.9 Å². The van der Waals surface area contributed by atoms with E-state index in [1.165, 1.54) is 36.4 Å². The van der Waals surface area contributed by atoms with Crippen LogP contribution in [0.25, 0.3) is 10.9 Å². The summed E-state index contributed by atoms with van der Waals surface area (Å²) in [6.45, 7) is 4.06. The Labute approximate surface area is 175 Å². The van der Waals surface area contributed by atoms with Crippen LogP contribution in [0.3, 0.4) is 0 Å². The SMILES string of the molecule is CC(C)CN1C(=O)c2ccc(C(=O)Nc3ccc4[nH]c(C(F)(F)F)cc4c3)cc2C1=O. The lowest BCUT2D eigenvalue weighted by Crippen LogP contribution is -2.33. The minimum Gasteiger partial charge on any atom is -0.351 e. The van der Waals surface area contributed by atoms with Gasteiger partial charge in [0.05, 0.1) is 11.1 Å². The van der Waals surface area contributed by atoms with E-state index < -0.39 is 23.7 Å². The highest BCUT2D eigenvalue weighted by molar-refractivity contribution is 6.22. The Bertz CT molecular complexity index is 1230. The molecule has 1 aliphatic rings. The van der Waals surface area contributed by atoms with Crippen molar-refractivity contribution in [1.29, 1.82) is 0 Å². The van der Waals surface area contributed by atoms with Gasteiger partial charge >= 0.3 is 6.18 Å². The third-order valence-electron chi connectivity index (χ3n) is 4.96. The van der Waals surface area contributed by atoms with Gasteiger partial charge in [-0.05, 0) is 48.4 Å². The predicted octanol–water partition coefficient (Wildman–Crippen LogP) is 4.69. The molecule has 1 aliphatic heterocycles. The number of carbonyl (C=O) groups excluding carboxylic acids is 3. The molecule has 4 rings (SSSR count). The summed E-state index contributed by atoms with van der Waals surface area (Å²) in [5.41, 5.74) is 0.284. The van der Waals surface area contributed by atoms with Crippen LogP contribution in [0.1, 0.15) is 50.6 Å². The Morgan fingerprint density at radius 3 is 2.42 bits per heavy atom. The number of imide groups is 1. The standard InChI is InChI=1S/C22H18F3N3O3/c1-11(2)10-28-20(30)15-5-3-12(8-16(15)21(28)31)19(29)26-14-4-6-17-13(7-14)9-18(27-17)22(23,24)25/h3-9,11,27H,10H2,1-2H3,(H,26,29). The van der Waals surface area contributed by atoms with Gasteiger partial charge in [-0.1, -0.05) is 13.8 Å². The summed E-state index contributed by atoms with van der Waals surface area (Å²) in [7, 11) is 0. The fourth-order valence-electron chi connectivity index (χ4n) is 3.53. The van der Waals surface area contributed by atoms with Crippen LogP contribution in [-0.2, 0) is 6.18 Å². The summed E-state index contributed by atoms with van der Waals surface area (Å²) in [4.78, 5) is 41.1. The number of carbonyl (C=O) groups is 3. The topological polar surface area (TPSA) is 82.3 Å². The molecule has 2 aromatic carbocycles. The third kappa shape index (κ3) is 3.78. The Hall–Kier alpha value is -3.62. The normalized spacial score (nSPS) is 13.9. The lowest BCUT2D eigenvalue weighted by atomic mass is 10.1. The molecule has 9 heteroatoms. The maximum absolute atomic E-state index is 12.9. The second kappa shape index (κ2) is 7.26. The fourth-order valence-corrected chi connectivity index (χ4v) is 3.53. The van der Waals surface area contributed by atoms with E-state index in [1.807, 2.05) is 13.8 Å². The zero-order chi connectivity index (χ0) is 22.5. The van der Waals surface area contributed by atoms with E-state index in [-0.39, 0.29) is 40.6 Å². The monoisotopic (exact) mass is 429 g/mol. The molecule has 0 spiro atoms. The Balaban J connectivity index is 1.57. The highest BCUT2D eigenvalue weighted by Crippen LogP contribution is 2.32. The fraction of sp³-hybridized carbons (Fsp3) is 0.227. The molecule has 0 bridgehead atoms. The van der Waals surface area contributed by atoms with Crippen molar-refractivity contribution in [2.75, 3.05) is 11.9 Å². The number of benzene rings is 2. The van der Waals surface area contributed by atoms with Crippen molar-refractivity contribution in [1.82, 2.24) is 9.88 Å². The largest absolute Gasteiger partial charge is 0.431 e. The molecule has 3 amide bonds. The molecule has 1 aromatic heterocycles. The summed E-state index contributed by atoms with van der Waals surface area (Å²) in [5.74, 6) is -1.28. The van der Waals surface area contributed by atoms with E-state index in [0.29, 0.717) is 11.1 Å². The Morgan fingerprint density at radius 2 is 1.74 bits per heavy atom. The van der Waals surface area contributed by atoms with Gasteiger partial charge in [0.1, 0.15) is 5.69 Å². The zero-order valence-electron chi connectivity index (χ0n) is 16.6. The molecule has 0 atom stereocenters. The molecule has 0 aliphatic carbocycles. The molecular formula is C22H18F3N3O3. The van der Waals surface area contributed by atoms with E-state index in [1.54, 1.807) is 0 Å². The maximum Gasteiger partial charge on any atom is 0.431 e. The second-order valence-corrected chi connectivity index (χ2v) is 7.81. The molecule has 3 aromatic rings. The van der Waals surface area contributed by atoms with E-state index in [4.69, 9.17) is 0 Å². The summed E-state index contributed by atoms with van der Waals surface area (Å²) in [6.07, 6.45) is -4.50. The molecule has 0 fully saturated rings. The zero-order valence-corrected chi connectivity index (χ0v) is 16.6. The number of aromatic amines is 1. The van der Waals surface area contributed by atoms with Crippen LogP contribution in [0.15, 0.2) is 42.5 Å². The number of amides is 3. The second-order valence-electron chi connectivity index (χ2n) is 7.81. The number of rotatable bonds is 4. The van der Waals surface area contributed by atoms with E-state index in [2.05, 4.69) is 10.3 Å². The molecule has 31 heavy (non-hydrogen) atoms. The van der Waals surface area contributed by atoms with Crippen molar-refractivity contribution >= 4 is 34.3 Å². The summed E-state index contributed by atoms with van der Waals surface area (Å²) >= 11 is 0. The summed E-state index contributed by atoms with van der Waals surface area (Å²) < 4.78 is 38.6. The van der Waals surface area contributed by atoms with Crippen LogP contribution in [0.2, 0.25) is 0 Å². The molecule has 6 nitrogen and oxygen atoms in total. The number of nitrogens with one attached hydrogen (secondary N) is 2. The lowest BCUT2D eigenvalue weighted by Gasteiger charge is -2.15. The van der Waals surface area contributed by atoms with Gasteiger partial charge in [0.15, 0.2) is 0 Å². The molecule has 160 valence electrons. The molecule has 0 radical (unpaired) electrons. The third-order valence-corrected chi connectivity index (χ3v) is 4.96. The minimum absolute atomic E-state index is 0.103. The first-order valence-electron chi connectivity index (χ1n) is 9.56. The van der Waals surface area contributed by atoms with E-state index >= 15 is 0 Å². The van der Waals surface area contributed by atoms with Crippen molar-refractivity contribution in [3.05, 3.63) is 64.8 Å². The smallest absolute Gasteiger partial charge is 0.351 e. The van der Waals surface area contributed by atoms with Crippen molar-refractivity contribution in [3.8, 4) is 0 Å². The molecule has 2 N–H and O–H groups in total. The molecule has 0 saturated carbocycles. The van der Waals surface area contributed by atoms with Gasteiger partial charge in [0.2, 0.25) is 0 Å². The molecule has 2 heterocycles. The Kier molecular flexibility index (Phi) is 4.83. The van der Waals surface area contributed by atoms with Gasteiger partial charge in [0.25, 0.3) is 17.7 Å². The maximum atomic E-state index is 12.9. The molecular weight excluding hydrogens is 411 g/mol. The number of hydrogen-bond acceptors (Lipinski definition) is 3. The van der Waals surface area contributed by atoms with Crippen LogP contribution in [-0.4, -0.2) is 34.2 Å². The van der Waals surface area contributed by atoms with Crippen molar-refractivity contribution in [2.24, 2.45) is 5.92 Å². The first-order valence-corrected chi connectivity index (χ1v) is 9.56. The number of fused-ring (bicyclic) bond motifs is 2. The number of nitrogens with zero attached hydrogens (tertiary/aromatic N) is 1. The first-order chi connectivity index (χ1) is 14.5. The van der Waals surface area contributed by atoms with Gasteiger partial charge in [0, 0.05) is 28.7 Å². The molecule has 0 unspecified atom stereocenters. The first kappa shape index (κ1) is 20.6. The van der Waals surface area contributed by atoms with E-state index in [9.17, 15) is 27.6 Å². The summed E-state index contributed by atoms with van der Waals surface area (Å²) in [6, 6.07) is 9.55. The number of halogens is 3. The highest BCUT2D eigenvalue weighted by atomic mass is 19.4. The Morgan fingerprint density at radius 1 is 1.03 bits per heavy atom. The number of hydrogen-bond donors (Lipinski definition) is 2. The van der Waals surface area contributed by atoms with Crippen LogP contribution in [0.5, 0.6) is 0 Å². The van der Waals surface area contributed by atoms with Crippen LogP contribution in [0, 0.1) is 5.92 Å². The van der Waals surface area contributed by atoms with Crippen LogP contribution < -0.4 is 5.32 Å². The average molecular weight is 429 g/mol. The van der Waals surface area contributed by atoms with Gasteiger partial charge in [-0.2, -0.15) is 13.2 Å². The van der Waals surface area contributed by atoms with Gasteiger partial charge in [-0.15, -0.1) is 0 Å². The number of H-pyrrole nitrogens is 1. The molecule has 0 saturated heterocycles. The number of aromatic nitrogens is 1. The van der Waals surface area contributed by atoms with Gasteiger partial charge < -0.3 is 10.3 Å².